The monoisotopic (exact) mass is 310 g/mol. The topological polar surface area (TPSA) is 50.7 Å². The zero-order valence-electron chi connectivity index (χ0n) is 13.6. The first-order valence-corrected chi connectivity index (χ1v) is 7.82. The van der Waals surface area contributed by atoms with Crippen LogP contribution in [0.25, 0.3) is 0 Å². The lowest BCUT2D eigenvalue weighted by Crippen LogP contribution is -2.17. The van der Waals surface area contributed by atoms with Crippen molar-refractivity contribution in [2.24, 2.45) is 5.10 Å². The molecule has 2 aromatic carbocycles. The second kappa shape index (κ2) is 8.73. The van der Waals surface area contributed by atoms with Crippen molar-refractivity contribution in [2.75, 3.05) is 6.61 Å². The van der Waals surface area contributed by atoms with Crippen LogP contribution in [0.3, 0.4) is 0 Å². The minimum absolute atomic E-state index is 0.231. The standard InChI is InChI=1S/C19H22N2O2/c1-3-4-13-23-18-8-6-5-7-17(18)14-20-21-19(22)16-11-9-15(2)10-12-16/h5-12,14H,3-4,13H2,1-2H3,(H,21,22). The maximum atomic E-state index is 12.0. The first-order chi connectivity index (χ1) is 11.2. The van der Waals surface area contributed by atoms with Gasteiger partial charge in [0.2, 0.25) is 0 Å². The molecule has 0 saturated carbocycles. The molecule has 0 fully saturated rings. The summed E-state index contributed by atoms with van der Waals surface area (Å²) in [7, 11) is 0. The fourth-order valence-corrected chi connectivity index (χ4v) is 1.98. The predicted octanol–water partition coefficient (Wildman–Crippen LogP) is 3.94. The van der Waals surface area contributed by atoms with Gasteiger partial charge < -0.3 is 4.74 Å². The number of para-hydroxylation sites is 1. The summed E-state index contributed by atoms with van der Waals surface area (Å²) in [5.74, 6) is 0.542. The van der Waals surface area contributed by atoms with E-state index >= 15 is 0 Å². The highest BCUT2D eigenvalue weighted by Gasteiger charge is 2.04. The van der Waals surface area contributed by atoms with Gasteiger partial charge in [-0.1, -0.05) is 43.2 Å². The summed E-state index contributed by atoms with van der Waals surface area (Å²) in [5, 5.41) is 4.02. The van der Waals surface area contributed by atoms with Gasteiger partial charge >= 0.3 is 0 Å². The Morgan fingerprint density at radius 1 is 1.17 bits per heavy atom. The van der Waals surface area contributed by atoms with Crippen molar-refractivity contribution in [1.29, 1.82) is 0 Å². The van der Waals surface area contributed by atoms with E-state index in [1.54, 1.807) is 18.3 Å². The Morgan fingerprint density at radius 3 is 2.65 bits per heavy atom. The van der Waals surface area contributed by atoms with Crippen LogP contribution < -0.4 is 10.2 Å². The van der Waals surface area contributed by atoms with Gasteiger partial charge in [-0.2, -0.15) is 5.10 Å². The minimum Gasteiger partial charge on any atom is -0.493 e. The molecule has 0 spiro atoms. The minimum atomic E-state index is -0.231. The first kappa shape index (κ1) is 16.7. The zero-order chi connectivity index (χ0) is 16.5. The third kappa shape index (κ3) is 5.25. The van der Waals surface area contributed by atoms with Crippen LogP contribution in [0.4, 0.5) is 0 Å². The Bertz CT molecular complexity index is 663. The molecule has 1 N–H and O–H groups in total. The Balaban J connectivity index is 1.97. The van der Waals surface area contributed by atoms with Gasteiger partial charge in [0.1, 0.15) is 5.75 Å². The Kier molecular flexibility index (Phi) is 6.36. The third-order valence-corrected chi connectivity index (χ3v) is 3.36. The Hall–Kier alpha value is -2.62. The normalized spacial score (nSPS) is 10.7. The molecular weight excluding hydrogens is 288 g/mol. The second-order valence-electron chi connectivity index (χ2n) is 5.30. The van der Waals surface area contributed by atoms with Gasteiger partial charge in [0.25, 0.3) is 5.91 Å². The Morgan fingerprint density at radius 2 is 1.91 bits per heavy atom. The number of benzene rings is 2. The fourth-order valence-electron chi connectivity index (χ4n) is 1.98. The highest BCUT2D eigenvalue weighted by molar-refractivity contribution is 5.95. The van der Waals surface area contributed by atoms with Crippen LogP contribution in [0, 0.1) is 6.92 Å². The molecule has 0 saturated heterocycles. The number of ether oxygens (including phenoxy) is 1. The van der Waals surface area contributed by atoms with Gasteiger partial charge in [0.05, 0.1) is 12.8 Å². The third-order valence-electron chi connectivity index (χ3n) is 3.36. The quantitative estimate of drug-likeness (QED) is 0.478. The van der Waals surface area contributed by atoms with E-state index in [4.69, 9.17) is 4.74 Å². The number of aryl methyl sites for hydroxylation is 1. The van der Waals surface area contributed by atoms with Crippen LogP contribution in [0.15, 0.2) is 53.6 Å². The Labute approximate surface area is 137 Å². The van der Waals surface area contributed by atoms with E-state index < -0.39 is 0 Å². The van der Waals surface area contributed by atoms with Gasteiger partial charge in [0.15, 0.2) is 0 Å². The highest BCUT2D eigenvalue weighted by atomic mass is 16.5. The van der Waals surface area contributed by atoms with E-state index in [-0.39, 0.29) is 5.91 Å². The van der Waals surface area contributed by atoms with Gasteiger partial charge in [-0.25, -0.2) is 5.43 Å². The molecule has 0 radical (unpaired) electrons. The molecule has 4 nitrogen and oxygen atoms in total. The molecule has 0 atom stereocenters. The fraction of sp³-hybridized carbons (Fsp3) is 0.263. The van der Waals surface area contributed by atoms with Crippen LogP contribution in [-0.4, -0.2) is 18.7 Å². The average Bonchev–Trinajstić information content (AvgIpc) is 2.57. The summed E-state index contributed by atoms with van der Waals surface area (Å²) < 4.78 is 5.73. The van der Waals surface area contributed by atoms with E-state index in [0.717, 1.165) is 29.7 Å². The van der Waals surface area contributed by atoms with Crippen molar-refractivity contribution in [2.45, 2.75) is 26.7 Å². The molecule has 2 rings (SSSR count). The summed E-state index contributed by atoms with van der Waals surface area (Å²) in [6.45, 7) is 4.78. The van der Waals surface area contributed by atoms with Gasteiger partial charge in [-0.3, -0.25) is 4.79 Å². The smallest absolute Gasteiger partial charge is 0.271 e. The zero-order valence-corrected chi connectivity index (χ0v) is 13.6. The lowest BCUT2D eigenvalue weighted by molar-refractivity contribution is 0.0955. The number of hydrazone groups is 1. The molecule has 23 heavy (non-hydrogen) atoms. The molecule has 4 heteroatoms. The maximum absolute atomic E-state index is 12.0. The van der Waals surface area contributed by atoms with Crippen LogP contribution in [0.1, 0.15) is 41.3 Å². The summed E-state index contributed by atoms with van der Waals surface area (Å²) in [5.41, 5.74) is 5.07. The molecule has 2 aromatic rings. The van der Waals surface area contributed by atoms with Gasteiger partial charge in [0, 0.05) is 11.1 Å². The van der Waals surface area contributed by atoms with Crippen molar-refractivity contribution in [3.05, 3.63) is 65.2 Å². The van der Waals surface area contributed by atoms with Crippen molar-refractivity contribution in [3.8, 4) is 5.75 Å². The number of nitrogens with zero attached hydrogens (tertiary/aromatic N) is 1. The number of carbonyl (C=O) groups is 1. The molecule has 120 valence electrons. The van der Waals surface area contributed by atoms with Crippen molar-refractivity contribution in [3.63, 3.8) is 0 Å². The second-order valence-corrected chi connectivity index (χ2v) is 5.30. The maximum Gasteiger partial charge on any atom is 0.271 e. The molecule has 0 aliphatic carbocycles. The van der Waals surface area contributed by atoms with Crippen molar-refractivity contribution in [1.82, 2.24) is 5.43 Å². The molecule has 0 bridgehead atoms. The van der Waals surface area contributed by atoms with Gasteiger partial charge in [-0.05, 0) is 37.6 Å². The number of amides is 1. The number of unbranched alkanes of at least 4 members (excludes halogenated alkanes) is 1. The molecule has 0 aliphatic rings. The van der Waals surface area contributed by atoms with E-state index in [1.165, 1.54) is 0 Å². The lowest BCUT2D eigenvalue weighted by Gasteiger charge is -2.08. The molecule has 0 unspecified atom stereocenters. The summed E-state index contributed by atoms with van der Waals surface area (Å²) in [6, 6.07) is 15.0. The molecule has 0 heterocycles. The molecule has 0 aromatic heterocycles. The van der Waals surface area contributed by atoms with E-state index in [0.29, 0.717) is 12.2 Å². The molecule has 0 aliphatic heterocycles. The summed E-state index contributed by atoms with van der Waals surface area (Å²) in [4.78, 5) is 12.0. The van der Waals surface area contributed by atoms with E-state index in [1.807, 2.05) is 43.3 Å². The largest absolute Gasteiger partial charge is 0.493 e. The highest BCUT2D eigenvalue weighted by Crippen LogP contribution is 2.16. The van der Waals surface area contributed by atoms with Gasteiger partial charge in [-0.15, -0.1) is 0 Å². The lowest BCUT2D eigenvalue weighted by atomic mass is 10.1. The number of hydrogen-bond acceptors (Lipinski definition) is 3. The molecule has 1 amide bonds. The summed E-state index contributed by atoms with van der Waals surface area (Å²) in [6.07, 6.45) is 3.70. The van der Waals surface area contributed by atoms with Crippen LogP contribution in [-0.2, 0) is 0 Å². The van der Waals surface area contributed by atoms with E-state index in [9.17, 15) is 4.79 Å². The van der Waals surface area contributed by atoms with Crippen LogP contribution in [0.2, 0.25) is 0 Å². The number of carbonyl (C=O) groups excluding carboxylic acids is 1. The SMILES string of the molecule is CCCCOc1ccccc1C=NNC(=O)c1ccc(C)cc1. The summed E-state index contributed by atoms with van der Waals surface area (Å²) >= 11 is 0. The predicted molar refractivity (Wildman–Crippen MR) is 93.1 cm³/mol. The number of rotatable bonds is 7. The van der Waals surface area contributed by atoms with Crippen LogP contribution in [0.5, 0.6) is 5.75 Å². The first-order valence-electron chi connectivity index (χ1n) is 7.82. The van der Waals surface area contributed by atoms with Crippen molar-refractivity contribution < 1.29 is 9.53 Å². The average molecular weight is 310 g/mol. The number of nitrogens with one attached hydrogen (secondary N) is 1. The van der Waals surface area contributed by atoms with E-state index in [2.05, 4.69) is 17.5 Å². The van der Waals surface area contributed by atoms with Crippen molar-refractivity contribution >= 4 is 12.1 Å². The van der Waals surface area contributed by atoms with Crippen LogP contribution >= 0.6 is 0 Å². The number of hydrogen-bond donors (Lipinski definition) is 1. The molecular formula is C19H22N2O2.